The fraction of sp³-hybridized carbons (Fsp3) is 0.538. The van der Waals surface area contributed by atoms with Crippen molar-refractivity contribution >= 4 is 17.5 Å². The van der Waals surface area contributed by atoms with Gasteiger partial charge in [-0.15, -0.1) is 0 Å². The number of rotatable bonds is 1. The molecular formula is C13H14ClFN2O3. The molecular weight excluding hydrogens is 287 g/mol. The Morgan fingerprint density at radius 2 is 2.00 bits per heavy atom. The minimum Gasteiger partial charge on any atom is -0.347 e. The number of hydrogen-bond donors (Lipinski definition) is 0. The van der Waals surface area contributed by atoms with E-state index in [1.807, 2.05) is 0 Å². The van der Waals surface area contributed by atoms with Crippen LogP contribution in [0.1, 0.15) is 23.2 Å². The minimum absolute atomic E-state index is 0.0470. The van der Waals surface area contributed by atoms with Gasteiger partial charge in [0.05, 0.1) is 18.8 Å². The van der Waals surface area contributed by atoms with Crippen LogP contribution in [0.2, 0.25) is 5.15 Å². The highest BCUT2D eigenvalue weighted by atomic mass is 35.5. The SMILES string of the molecule is O=C(c1ccnc(Cl)c1F)N1CCC2(CC1)OCCO2. The normalized spacial score (nSPS) is 21.4. The van der Waals surface area contributed by atoms with E-state index in [9.17, 15) is 9.18 Å². The van der Waals surface area contributed by atoms with E-state index in [0.717, 1.165) is 0 Å². The van der Waals surface area contributed by atoms with Gasteiger partial charge in [0.2, 0.25) is 0 Å². The van der Waals surface area contributed by atoms with Crippen LogP contribution in [0, 0.1) is 5.82 Å². The molecule has 0 radical (unpaired) electrons. The maximum atomic E-state index is 13.8. The summed E-state index contributed by atoms with van der Waals surface area (Å²) in [5, 5.41) is -0.285. The van der Waals surface area contributed by atoms with Gasteiger partial charge in [0.15, 0.2) is 16.8 Å². The number of ether oxygens (including phenoxy) is 2. The maximum Gasteiger partial charge on any atom is 0.257 e. The van der Waals surface area contributed by atoms with E-state index in [0.29, 0.717) is 39.1 Å². The van der Waals surface area contributed by atoms with Crippen LogP contribution in [-0.2, 0) is 9.47 Å². The molecule has 1 spiro atoms. The lowest BCUT2D eigenvalue weighted by Crippen LogP contribution is -2.47. The second kappa shape index (κ2) is 5.27. The van der Waals surface area contributed by atoms with Crippen LogP contribution in [0.25, 0.3) is 0 Å². The molecule has 2 aliphatic heterocycles. The Morgan fingerprint density at radius 3 is 2.65 bits per heavy atom. The summed E-state index contributed by atoms with van der Waals surface area (Å²) < 4.78 is 25.0. The molecule has 1 amide bonds. The second-order valence-corrected chi connectivity index (χ2v) is 5.22. The van der Waals surface area contributed by atoms with Gasteiger partial charge < -0.3 is 14.4 Å². The Morgan fingerprint density at radius 1 is 1.35 bits per heavy atom. The largest absolute Gasteiger partial charge is 0.347 e. The summed E-state index contributed by atoms with van der Waals surface area (Å²) in [6, 6.07) is 1.34. The summed E-state index contributed by atoms with van der Waals surface area (Å²) in [5.41, 5.74) is -0.0470. The molecule has 0 bridgehead atoms. The van der Waals surface area contributed by atoms with Crippen molar-refractivity contribution in [2.24, 2.45) is 0 Å². The van der Waals surface area contributed by atoms with E-state index in [1.54, 1.807) is 4.90 Å². The van der Waals surface area contributed by atoms with Gasteiger partial charge in [-0.2, -0.15) is 0 Å². The third-order valence-electron chi connectivity index (χ3n) is 3.70. The Hall–Kier alpha value is -1.24. The van der Waals surface area contributed by atoms with Crippen molar-refractivity contribution in [3.63, 3.8) is 0 Å². The van der Waals surface area contributed by atoms with Gasteiger partial charge in [0, 0.05) is 32.1 Å². The second-order valence-electron chi connectivity index (χ2n) is 4.86. The van der Waals surface area contributed by atoms with Crippen molar-refractivity contribution in [3.8, 4) is 0 Å². The van der Waals surface area contributed by atoms with Crippen molar-refractivity contribution in [2.45, 2.75) is 18.6 Å². The number of aromatic nitrogens is 1. The molecule has 2 aliphatic rings. The molecule has 0 aliphatic carbocycles. The fourth-order valence-corrected chi connectivity index (χ4v) is 2.75. The number of carbonyl (C=O) groups excluding carboxylic acids is 1. The number of piperidine rings is 1. The van der Waals surface area contributed by atoms with Gasteiger partial charge in [-0.25, -0.2) is 9.37 Å². The van der Waals surface area contributed by atoms with Crippen LogP contribution in [0.15, 0.2) is 12.3 Å². The first kappa shape index (κ1) is 13.7. The van der Waals surface area contributed by atoms with E-state index >= 15 is 0 Å². The van der Waals surface area contributed by atoms with Crippen molar-refractivity contribution < 1.29 is 18.7 Å². The van der Waals surface area contributed by atoms with Crippen LogP contribution < -0.4 is 0 Å². The summed E-state index contributed by atoms with van der Waals surface area (Å²) in [4.78, 5) is 17.5. The number of halogens is 2. The predicted molar refractivity (Wildman–Crippen MR) is 69.0 cm³/mol. The highest BCUT2D eigenvalue weighted by Crippen LogP contribution is 2.32. The topological polar surface area (TPSA) is 51.7 Å². The van der Waals surface area contributed by atoms with E-state index in [4.69, 9.17) is 21.1 Å². The highest BCUT2D eigenvalue weighted by molar-refractivity contribution is 6.29. The molecule has 0 aromatic carbocycles. The molecule has 0 unspecified atom stereocenters. The molecule has 3 rings (SSSR count). The first-order chi connectivity index (χ1) is 9.61. The zero-order chi connectivity index (χ0) is 14.2. The Bertz CT molecular complexity index is 524. The predicted octanol–water partition coefficient (Wildman–Crippen LogP) is 1.85. The first-order valence-corrected chi connectivity index (χ1v) is 6.86. The van der Waals surface area contributed by atoms with Crippen molar-refractivity contribution in [3.05, 3.63) is 28.8 Å². The maximum absolute atomic E-state index is 13.8. The molecule has 3 heterocycles. The van der Waals surface area contributed by atoms with Crippen LogP contribution in [0.3, 0.4) is 0 Å². The average molecular weight is 301 g/mol. The quantitative estimate of drug-likeness (QED) is 0.743. The standard InChI is InChI=1S/C13H14ClFN2O3/c14-11-10(15)9(1-4-16-11)12(18)17-5-2-13(3-6-17)19-7-8-20-13/h1,4H,2-3,5-8H2. The number of nitrogens with zero attached hydrogens (tertiary/aromatic N) is 2. The zero-order valence-electron chi connectivity index (χ0n) is 10.8. The lowest BCUT2D eigenvalue weighted by molar-refractivity contribution is -0.181. The smallest absolute Gasteiger partial charge is 0.257 e. The Labute approximate surface area is 120 Å². The van der Waals surface area contributed by atoms with Crippen LogP contribution >= 0.6 is 11.6 Å². The molecule has 5 nitrogen and oxygen atoms in total. The highest BCUT2D eigenvalue weighted by Gasteiger charge is 2.41. The van der Waals surface area contributed by atoms with Gasteiger partial charge in [-0.05, 0) is 6.07 Å². The third-order valence-corrected chi connectivity index (χ3v) is 3.97. The summed E-state index contributed by atoms with van der Waals surface area (Å²) >= 11 is 5.60. The van der Waals surface area contributed by atoms with Crippen LogP contribution in [-0.4, -0.2) is 47.9 Å². The van der Waals surface area contributed by atoms with Crippen molar-refractivity contribution in [1.29, 1.82) is 0 Å². The monoisotopic (exact) mass is 300 g/mol. The number of amides is 1. The van der Waals surface area contributed by atoms with E-state index in [2.05, 4.69) is 4.98 Å². The lowest BCUT2D eigenvalue weighted by Gasteiger charge is -2.37. The van der Waals surface area contributed by atoms with Gasteiger partial charge >= 0.3 is 0 Å². The van der Waals surface area contributed by atoms with Gasteiger partial charge in [0.25, 0.3) is 5.91 Å². The number of likely N-dealkylation sites (tertiary alicyclic amines) is 1. The van der Waals surface area contributed by atoms with Crippen LogP contribution in [0.5, 0.6) is 0 Å². The number of carbonyl (C=O) groups is 1. The molecule has 0 atom stereocenters. The van der Waals surface area contributed by atoms with E-state index in [-0.39, 0.29) is 16.6 Å². The molecule has 7 heteroatoms. The molecule has 1 aromatic heterocycles. The fourth-order valence-electron chi connectivity index (χ4n) is 2.59. The molecule has 2 saturated heterocycles. The lowest BCUT2D eigenvalue weighted by atomic mass is 10.0. The summed E-state index contributed by atoms with van der Waals surface area (Å²) in [6.45, 7) is 2.11. The number of pyridine rings is 1. The summed E-state index contributed by atoms with van der Waals surface area (Å²) in [6.07, 6.45) is 2.52. The van der Waals surface area contributed by atoms with Gasteiger partial charge in [-0.3, -0.25) is 4.79 Å². The summed E-state index contributed by atoms with van der Waals surface area (Å²) in [5.74, 6) is -1.70. The third kappa shape index (κ3) is 2.39. The van der Waals surface area contributed by atoms with Crippen LogP contribution in [0.4, 0.5) is 4.39 Å². The van der Waals surface area contributed by atoms with Crippen molar-refractivity contribution in [1.82, 2.24) is 9.88 Å². The molecule has 20 heavy (non-hydrogen) atoms. The van der Waals surface area contributed by atoms with Gasteiger partial charge in [0.1, 0.15) is 0 Å². The Kier molecular flexibility index (Phi) is 3.62. The molecule has 0 saturated carbocycles. The number of hydrogen-bond acceptors (Lipinski definition) is 4. The molecule has 2 fully saturated rings. The van der Waals surface area contributed by atoms with E-state index in [1.165, 1.54) is 12.3 Å². The average Bonchev–Trinajstić information content (AvgIpc) is 2.90. The van der Waals surface area contributed by atoms with Gasteiger partial charge in [-0.1, -0.05) is 11.6 Å². The Balaban J connectivity index is 1.71. The first-order valence-electron chi connectivity index (χ1n) is 6.48. The molecule has 108 valence electrons. The molecule has 0 N–H and O–H groups in total. The minimum atomic E-state index is -0.771. The summed E-state index contributed by atoms with van der Waals surface area (Å²) in [7, 11) is 0. The zero-order valence-corrected chi connectivity index (χ0v) is 11.5. The van der Waals surface area contributed by atoms with Crippen molar-refractivity contribution in [2.75, 3.05) is 26.3 Å². The molecule has 1 aromatic rings. The van der Waals surface area contributed by atoms with E-state index < -0.39 is 11.6 Å².